The van der Waals surface area contributed by atoms with Crippen LogP contribution in [0.3, 0.4) is 0 Å². The highest BCUT2D eigenvalue weighted by molar-refractivity contribution is 5.61. The van der Waals surface area contributed by atoms with Gasteiger partial charge in [0.25, 0.3) is 0 Å². The van der Waals surface area contributed by atoms with E-state index in [4.69, 9.17) is 0 Å². The monoisotopic (exact) mass is 508 g/mol. The fourth-order valence-electron chi connectivity index (χ4n) is 8.36. The second-order valence-electron chi connectivity index (χ2n) is 11.4. The van der Waals surface area contributed by atoms with Gasteiger partial charge in [-0.05, 0) is 62.6 Å². The predicted molar refractivity (Wildman–Crippen MR) is 131 cm³/mol. The van der Waals surface area contributed by atoms with E-state index in [1.165, 1.54) is 18.2 Å². The maximum atomic E-state index is 11.0. The number of hydrogen-bond acceptors (Lipinski definition) is 9. The van der Waals surface area contributed by atoms with Crippen LogP contribution in [0.4, 0.5) is 0 Å². The molecule has 4 fully saturated rings. The molecule has 3 aromatic carbocycles. The van der Waals surface area contributed by atoms with Crippen molar-refractivity contribution >= 4 is 0 Å². The van der Waals surface area contributed by atoms with E-state index in [1.54, 1.807) is 0 Å². The maximum Gasteiger partial charge on any atom is 0.161 e. The smallest absolute Gasteiger partial charge is 0.161 e. The molecule has 4 saturated carbocycles. The van der Waals surface area contributed by atoms with Gasteiger partial charge in [-0.3, -0.25) is 0 Å². The van der Waals surface area contributed by atoms with Gasteiger partial charge in [-0.2, -0.15) is 0 Å². The summed E-state index contributed by atoms with van der Waals surface area (Å²) in [6.45, 7) is 0. The van der Waals surface area contributed by atoms with Crippen LogP contribution in [-0.2, 0) is 16.2 Å². The van der Waals surface area contributed by atoms with E-state index < -0.39 is 33.5 Å². The molecule has 0 radical (unpaired) electrons. The lowest BCUT2D eigenvalue weighted by molar-refractivity contribution is -0.0518. The van der Waals surface area contributed by atoms with Gasteiger partial charge in [0.2, 0.25) is 0 Å². The summed E-state index contributed by atoms with van der Waals surface area (Å²) in [6.07, 6.45) is 2.75. The van der Waals surface area contributed by atoms with E-state index in [0.29, 0.717) is 55.2 Å². The molecule has 0 spiro atoms. The number of hydrogen-bond donors (Lipinski definition) is 9. The molecule has 9 nitrogen and oxygen atoms in total. The largest absolute Gasteiger partial charge is 0.508 e. The Morgan fingerprint density at radius 1 is 0.432 bits per heavy atom. The fourth-order valence-corrected chi connectivity index (χ4v) is 8.36. The van der Waals surface area contributed by atoms with E-state index in [9.17, 15) is 46.0 Å². The topological polar surface area (TPSA) is 182 Å². The number of phenols is 9. The molecule has 9 N–H and O–H groups in total. The van der Waals surface area contributed by atoms with E-state index in [0.717, 1.165) is 18.2 Å². The third-order valence-corrected chi connectivity index (χ3v) is 9.01. The zero-order chi connectivity index (χ0) is 26.5. The molecule has 4 aliphatic rings. The van der Waals surface area contributed by atoms with Crippen molar-refractivity contribution in [3.8, 4) is 51.7 Å². The summed E-state index contributed by atoms with van der Waals surface area (Å²) >= 11 is 0. The molecule has 0 aromatic heterocycles. The zero-order valence-corrected chi connectivity index (χ0v) is 19.8. The Hall–Kier alpha value is -4.14. The van der Waals surface area contributed by atoms with Gasteiger partial charge in [0.15, 0.2) is 34.5 Å². The minimum absolute atomic E-state index is 0.0343. The fraction of sp³-hybridized carbons (Fsp3) is 0.357. The van der Waals surface area contributed by atoms with Crippen molar-refractivity contribution in [2.45, 2.75) is 54.8 Å². The molecule has 0 amide bonds. The Morgan fingerprint density at radius 3 is 0.973 bits per heavy atom. The van der Waals surface area contributed by atoms with Crippen molar-refractivity contribution in [1.82, 2.24) is 0 Å². The Kier molecular flexibility index (Phi) is 4.54. The van der Waals surface area contributed by atoms with Crippen LogP contribution in [-0.4, -0.2) is 46.0 Å². The highest BCUT2D eigenvalue weighted by Crippen LogP contribution is 2.73. The Bertz CT molecular complexity index is 1280. The quantitative estimate of drug-likeness (QED) is 0.185. The molecule has 0 aliphatic heterocycles. The van der Waals surface area contributed by atoms with Crippen molar-refractivity contribution in [3.05, 3.63) is 53.1 Å². The minimum Gasteiger partial charge on any atom is -0.508 e. The first-order valence-corrected chi connectivity index (χ1v) is 12.1. The molecule has 4 bridgehead atoms. The van der Waals surface area contributed by atoms with Gasteiger partial charge < -0.3 is 46.0 Å². The highest BCUT2D eigenvalue weighted by atomic mass is 16.3. The molecule has 194 valence electrons. The molecule has 0 unspecified atom stereocenters. The molecule has 9 heteroatoms. The molecule has 0 saturated heterocycles. The molecular formula is C28H28O9. The predicted octanol–water partition coefficient (Wildman–Crippen LogP) is 4.15. The van der Waals surface area contributed by atoms with E-state index >= 15 is 0 Å². The first-order chi connectivity index (χ1) is 17.4. The van der Waals surface area contributed by atoms with Crippen LogP contribution in [0.2, 0.25) is 0 Å². The molecular weight excluding hydrogens is 480 g/mol. The molecule has 0 atom stereocenters. The molecule has 7 rings (SSSR count). The van der Waals surface area contributed by atoms with Crippen molar-refractivity contribution in [2.75, 3.05) is 0 Å². The van der Waals surface area contributed by atoms with Gasteiger partial charge >= 0.3 is 0 Å². The number of aromatic hydroxyl groups is 9. The molecule has 4 aliphatic carbocycles. The lowest BCUT2D eigenvalue weighted by atomic mass is 9.36. The Morgan fingerprint density at radius 2 is 0.703 bits per heavy atom. The van der Waals surface area contributed by atoms with Gasteiger partial charge in [-0.15, -0.1) is 0 Å². The van der Waals surface area contributed by atoms with Crippen LogP contribution >= 0.6 is 0 Å². The third kappa shape index (κ3) is 3.16. The van der Waals surface area contributed by atoms with Gasteiger partial charge in [0, 0.05) is 51.1 Å². The Balaban J connectivity index is 1.65. The average molecular weight is 509 g/mol. The number of phenolic OH excluding ortho intramolecular Hbond substituents is 9. The van der Waals surface area contributed by atoms with Gasteiger partial charge in [-0.1, -0.05) is 0 Å². The SMILES string of the molecule is Oc1cc(O)c(O)c(C23CC4CC(c5cc(O)cc(O)c5O)(C2)CC(c2cc(O)cc(O)c2O)(C4)C3)c1. The lowest BCUT2D eigenvalue weighted by Gasteiger charge is -2.67. The number of benzene rings is 3. The van der Waals surface area contributed by atoms with Crippen LogP contribution in [0.15, 0.2) is 36.4 Å². The summed E-state index contributed by atoms with van der Waals surface area (Å²) in [5.74, 6) is -3.32. The van der Waals surface area contributed by atoms with Crippen LogP contribution in [0.25, 0.3) is 0 Å². The molecule has 0 heterocycles. The minimum atomic E-state index is -0.860. The summed E-state index contributed by atoms with van der Waals surface area (Å²) in [7, 11) is 0. The van der Waals surface area contributed by atoms with Crippen molar-refractivity contribution in [1.29, 1.82) is 0 Å². The van der Waals surface area contributed by atoms with Crippen molar-refractivity contribution in [3.63, 3.8) is 0 Å². The van der Waals surface area contributed by atoms with Gasteiger partial charge in [0.05, 0.1) is 0 Å². The van der Waals surface area contributed by atoms with Crippen LogP contribution in [0.1, 0.15) is 55.2 Å². The summed E-state index contributed by atoms with van der Waals surface area (Å²) in [5.41, 5.74) is -1.64. The van der Waals surface area contributed by atoms with Crippen LogP contribution in [0, 0.1) is 5.92 Å². The first kappa shape index (κ1) is 23.3. The summed E-state index contributed by atoms with van der Waals surface area (Å²) < 4.78 is 0. The number of rotatable bonds is 3. The second kappa shape index (κ2) is 7.21. The van der Waals surface area contributed by atoms with Crippen molar-refractivity contribution in [2.24, 2.45) is 5.92 Å². The van der Waals surface area contributed by atoms with Crippen LogP contribution < -0.4 is 0 Å². The van der Waals surface area contributed by atoms with Gasteiger partial charge in [-0.25, -0.2) is 0 Å². The Labute approximate surface area is 211 Å². The van der Waals surface area contributed by atoms with E-state index in [-0.39, 0.29) is 40.4 Å². The van der Waals surface area contributed by atoms with E-state index in [1.807, 2.05) is 0 Å². The lowest BCUT2D eigenvalue weighted by Crippen LogP contribution is -2.62. The second-order valence-corrected chi connectivity index (χ2v) is 11.4. The third-order valence-electron chi connectivity index (χ3n) is 9.01. The summed E-state index contributed by atoms with van der Waals surface area (Å²) in [5, 5.41) is 94.9. The molecule has 3 aromatic rings. The first-order valence-electron chi connectivity index (χ1n) is 12.1. The normalized spacial score (nSPS) is 30.0. The summed E-state index contributed by atoms with van der Waals surface area (Å²) in [6, 6.07) is 7.35. The zero-order valence-electron chi connectivity index (χ0n) is 19.8. The van der Waals surface area contributed by atoms with Gasteiger partial charge in [0.1, 0.15) is 17.2 Å². The van der Waals surface area contributed by atoms with Crippen LogP contribution in [0.5, 0.6) is 51.7 Å². The van der Waals surface area contributed by atoms with E-state index in [2.05, 4.69) is 0 Å². The van der Waals surface area contributed by atoms with Crippen molar-refractivity contribution < 1.29 is 46.0 Å². The summed E-state index contributed by atoms with van der Waals surface area (Å²) in [4.78, 5) is 0. The standard InChI is InChI=1S/C28H28O9/c29-14-1-17(23(35)20(32)4-14)26-7-13-8-27(10-26,18-2-15(30)5-21(33)24(18)36)12-28(9-13,11-26)19-3-16(31)6-22(34)25(19)37/h1-6,13,29-37H,7-12H2. The average Bonchev–Trinajstić information content (AvgIpc) is 2.80. The molecule has 37 heavy (non-hydrogen) atoms. The maximum absolute atomic E-state index is 11.0. The highest BCUT2D eigenvalue weighted by Gasteiger charge is 2.66.